The molecule has 12 nitrogen and oxygen atoms in total. The van der Waals surface area contributed by atoms with Crippen molar-refractivity contribution in [2.75, 3.05) is 24.0 Å². The van der Waals surface area contributed by atoms with E-state index in [1.54, 1.807) is 18.0 Å². The molecule has 4 atom stereocenters. The van der Waals surface area contributed by atoms with Crippen molar-refractivity contribution in [1.82, 2.24) is 20.9 Å². The summed E-state index contributed by atoms with van der Waals surface area (Å²) in [6, 6.07) is 2.96. The Labute approximate surface area is 235 Å². The smallest absolute Gasteiger partial charge is 0.326 e. The molecule has 4 unspecified atom stereocenters. The first-order chi connectivity index (χ1) is 18.6. The number of aliphatic carboxylic acids is 1. The lowest BCUT2D eigenvalue weighted by molar-refractivity contribution is -0.143. The summed E-state index contributed by atoms with van der Waals surface area (Å²) in [5.41, 5.74) is 12.8. The fourth-order valence-corrected chi connectivity index (χ4v) is 4.80. The Kier molecular flexibility index (Phi) is 13.1. The molecule has 14 heteroatoms. The topological polar surface area (TPSA) is 209 Å². The number of aromatic amines is 1. The van der Waals surface area contributed by atoms with Crippen LogP contribution in [0.1, 0.15) is 24.8 Å². The number of nitrogens with one attached hydrogen (secondary N) is 4. The molecular formula is C25H36N6O6S2. The largest absolute Gasteiger partial charge is 0.480 e. The van der Waals surface area contributed by atoms with E-state index in [2.05, 4.69) is 20.9 Å². The Bertz CT molecular complexity index is 1160. The van der Waals surface area contributed by atoms with Crippen LogP contribution in [0.4, 0.5) is 0 Å². The van der Waals surface area contributed by atoms with Crippen molar-refractivity contribution in [3.63, 3.8) is 0 Å². The molecule has 0 aliphatic rings. The predicted octanol–water partition coefficient (Wildman–Crippen LogP) is -0.0417. The van der Waals surface area contributed by atoms with Crippen LogP contribution in [0.2, 0.25) is 0 Å². The third-order valence-corrected chi connectivity index (χ3v) is 7.25. The van der Waals surface area contributed by atoms with E-state index in [0.717, 1.165) is 16.5 Å². The van der Waals surface area contributed by atoms with Gasteiger partial charge < -0.3 is 37.5 Å². The molecule has 1 aromatic carbocycles. The van der Waals surface area contributed by atoms with Gasteiger partial charge >= 0.3 is 5.97 Å². The summed E-state index contributed by atoms with van der Waals surface area (Å²) >= 11 is 2.98. The van der Waals surface area contributed by atoms with E-state index in [4.69, 9.17) is 11.5 Å². The van der Waals surface area contributed by atoms with Crippen molar-refractivity contribution in [3.8, 4) is 0 Å². The molecule has 9 N–H and O–H groups in total. The van der Waals surface area contributed by atoms with Crippen LogP contribution < -0.4 is 27.4 Å². The van der Waals surface area contributed by atoms with Crippen LogP contribution in [0.5, 0.6) is 0 Å². The van der Waals surface area contributed by atoms with E-state index in [1.165, 1.54) is 11.8 Å². The lowest BCUT2D eigenvalue weighted by atomic mass is 10.0. The standard InChI is InChI=1S/C25H36N6O6S2/c1-38-9-7-16(26)22(33)30-19(11-14-13-28-17-6-4-3-5-15(14)17)24(35)29-18(8-10-39-2)23(34)31-20(25(36)37)12-21(27)32/h3-6,13,16,18-20,28H,7-12,26H2,1-2H3,(H2,27,32)(H,29,35)(H,30,33)(H,31,34)(H,36,37). The van der Waals surface area contributed by atoms with Crippen LogP contribution in [-0.2, 0) is 30.4 Å². The monoisotopic (exact) mass is 580 g/mol. The van der Waals surface area contributed by atoms with Gasteiger partial charge in [-0.2, -0.15) is 23.5 Å². The summed E-state index contributed by atoms with van der Waals surface area (Å²) in [7, 11) is 0. The second-order valence-electron chi connectivity index (χ2n) is 8.93. The molecule has 1 aromatic heterocycles. The number of fused-ring (bicyclic) bond motifs is 1. The van der Waals surface area contributed by atoms with E-state index >= 15 is 0 Å². The molecule has 0 saturated heterocycles. The molecule has 214 valence electrons. The fraction of sp³-hybridized carbons (Fsp3) is 0.480. The van der Waals surface area contributed by atoms with Crippen LogP contribution in [-0.4, -0.2) is 87.9 Å². The summed E-state index contributed by atoms with van der Waals surface area (Å²) in [6.45, 7) is 0. The number of rotatable bonds is 17. The molecule has 0 spiro atoms. The first-order valence-corrected chi connectivity index (χ1v) is 15.1. The number of carboxylic acids is 1. The molecule has 39 heavy (non-hydrogen) atoms. The third kappa shape index (κ3) is 10.1. The number of carboxylic acid groups (broad SMARTS) is 1. The van der Waals surface area contributed by atoms with E-state index in [0.29, 0.717) is 17.9 Å². The SMILES string of the molecule is CSCCC(N)C(=O)NC(Cc1c[nH]c2ccccc12)C(=O)NC(CCSC)C(=O)NC(CC(N)=O)C(=O)O. The molecule has 0 aliphatic heterocycles. The van der Waals surface area contributed by atoms with Gasteiger partial charge in [0.1, 0.15) is 18.1 Å². The molecule has 0 radical (unpaired) electrons. The maximum absolute atomic E-state index is 13.5. The van der Waals surface area contributed by atoms with E-state index in [1.807, 2.05) is 36.8 Å². The lowest BCUT2D eigenvalue weighted by Crippen LogP contribution is -2.58. The lowest BCUT2D eigenvalue weighted by Gasteiger charge is -2.25. The Hall–Kier alpha value is -3.23. The average molecular weight is 581 g/mol. The minimum Gasteiger partial charge on any atom is -0.480 e. The van der Waals surface area contributed by atoms with Gasteiger partial charge in [-0.15, -0.1) is 0 Å². The van der Waals surface area contributed by atoms with Crippen LogP contribution >= 0.6 is 23.5 Å². The zero-order chi connectivity index (χ0) is 28.9. The summed E-state index contributed by atoms with van der Waals surface area (Å²) in [5.74, 6) is -3.09. The van der Waals surface area contributed by atoms with E-state index in [-0.39, 0.29) is 12.8 Å². The van der Waals surface area contributed by atoms with Crippen LogP contribution in [0.3, 0.4) is 0 Å². The van der Waals surface area contributed by atoms with Crippen LogP contribution in [0.15, 0.2) is 30.5 Å². The molecule has 0 aliphatic carbocycles. The van der Waals surface area contributed by atoms with Crippen molar-refractivity contribution >= 4 is 64.0 Å². The van der Waals surface area contributed by atoms with Crippen molar-refractivity contribution in [2.24, 2.45) is 11.5 Å². The van der Waals surface area contributed by atoms with E-state index in [9.17, 15) is 29.1 Å². The highest BCUT2D eigenvalue weighted by molar-refractivity contribution is 7.98. The second-order valence-corrected chi connectivity index (χ2v) is 10.9. The zero-order valence-electron chi connectivity index (χ0n) is 21.9. The predicted molar refractivity (Wildman–Crippen MR) is 153 cm³/mol. The average Bonchev–Trinajstić information content (AvgIpc) is 3.30. The summed E-state index contributed by atoms with van der Waals surface area (Å²) in [5, 5.41) is 17.9. The first-order valence-electron chi connectivity index (χ1n) is 12.3. The summed E-state index contributed by atoms with van der Waals surface area (Å²) in [4.78, 5) is 65.2. The van der Waals surface area contributed by atoms with Crippen molar-refractivity contribution in [3.05, 3.63) is 36.0 Å². The quantitative estimate of drug-likeness (QED) is 0.134. The minimum absolute atomic E-state index is 0.118. The number of benzene rings is 1. The number of primary amides is 1. The van der Waals surface area contributed by atoms with Gasteiger partial charge in [-0.3, -0.25) is 19.2 Å². The Balaban J connectivity index is 2.28. The summed E-state index contributed by atoms with van der Waals surface area (Å²) < 4.78 is 0. The number of carbonyl (C=O) groups is 5. The molecule has 2 rings (SSSR count). The highest BCUT2D eigenvalue weighted by Crippen LogP contribution is 2.19. The number of aromatic nitrogens is 1. The molecule has 0 fully saturated rings. The maximum Gasteiger partial charge on any atom is 0.326 e. The number of nitrogens with two attached hydrogens (primary N) is 2. The molecule has 0 bridgehead atoms. The number of hydrogen-bond donors (Lipinski definition) is 7. The molecule has 0 saturated carbocycles. The normalized spacial score (nSPS) is 14.1. The highest BCUT2D eigenvalue weighted by atomic mass is 32.2. The summed E-state index contributed by atoms with van der Waals surface area (Å²) in [6.07, 6.45) is 5.59. The Morgan fingerprint density at radius 3 is 2.13 bits per heavy atom. The molecular weight excluding hydrogens is 544 g/mol. The molecule has 1 heterocycles. The van der Waals surface area contributed by atoms with Crippen LogP contribution in [0, 0.1) is 0 Å². The Morgan fingerprint density at radius 1 is 0.897 bits per heavy atom. The van der Waals surface area contributed by atoms with Gasteiger partial charge in [0, 0.05) is 23.5 Å². The Morgan fingerprint density at radius 2 is 1.49 bits per heavy atom. The number of amides is 4. The zero-order valence-corrected chi connectivity index (χ0v) is 23.5. The first kappa shape index (κ1) is 32.0. The fourth-order valence-electron chi connectivity index (χ4n) is 3.83. The van der Waals surface area contributed by atoms with Gasteiger partial charge in [-0.1, -0.05) is 18.2 Å². The van der Waals surface area contributed by atoms with Crippen molar-refractivity contribution < 1.29 is 29.1 Å². The van der Waals surface area contributed by atoms with Gasteiger partial charge in [-0.25, -0.2) is 4.79 Å². The van der Waals surface area contributed by atoms with E-state index < -0.39 is 60.2 Å². The van der Waals surface area contributed by atoms with Gasteiger partial charge in [0.05, 0.1) is 12.5 Å². The number of H-pyrrole nitrogens is 1. The van der Waals surface area contributed by atoms with Gasteiger partial charge in [-0.05, 0) is 48.5 Å². The highest BCUT2D eigenvalue weighted by Gasteiger charge is 2.31. The number of para-hydroxylation sites is 1. The second kappa shape index (κ2) is 16.0. The van der Waals surface area contributed by atoms with Crippen molar-refractivity contribution in [1.29, 1.82) is 0 Å². The molecule has 2 aromatic rings. The maximum atomic E-state index is 13.5. The molecule has 4 amide bonds. The van der Waals surface area contributed by atoms with Crippen molar-refractivity contribution in [2.45, 2.75) is 49.9 Å². The van der Waals surface area contributed by atoms with Gasteiger partial charge in [0.25, 0.3) is 0 Å². The van der Waals surface area contributed by atoms with Crippen LogP contribution in [0.25, 0.3) is 10.9 Å². The van der Waals surface area contributed by atoms with Gasteiger partial charge in [0.15, 0.2) is 0 Å². The van der Waals surface area contributed by atoms with Gasteiger partial charge in [0.2, 0.25) is 23.6 Å². The number of carbonyl (C=O) groups excluding carboxylic acids is 4. The number of hydrogen-bond acceptors (Lipinski definition) is 8. The third-order valence-electron chi connectivity index (χ3n) is 5.97. The minimum atomic E-state index is -1.54. The number of thioether (sulfide) groups is 2.